The quantitative estimate of drug-likeness (QED) is 0.493. The third-order valence-corrected chi connectivity index (χ3v) is 0. The Morgan fingerprint density at radius 1 is 1.25 bits per heavy atom. The van der Waals surface area contributed by atoms with Gasteiger partial charge in [0, 0.05) is 0 Å². The molecule has 0 unspecified atom stereocenters. The van der Waals surface area contributed by atoms with Crippen molar-refractivity contribution in [2.45, 2.75) is 0 Å². The standard InChI is InChI=1S/Ba.H2O.O.Ti.H/h;1H2;;;/q+1;;;;/p-1. The SMILES string of the molecule is [BaH+].[OH-].[O]=[Ti]. The Labute approximate surface area is 76.4 Å². The molecule has 0 heterocycles. The van der Waals surface area contributed by atoms with E-state index in [0.29, 0.717) is 0 Å². The second-order valence-corrected chi connectivity index (χ2v) is 0. The minimum atomic E-state index is 0. The molecule has 0 rings (SSSR count). The van der Waals surface area contributed by atoms with Gasteiger partial charge in [-0.3, -0.25) is 0 Å². The summed E-state index contributed by atoms with van der Waals surface area (Å²) in [5, 5.41) is 0. The van der Waals surface area contributed by atoms with Gasteiger partial charge in [-0.1, -0.05) is 0 Å². The molecule has 0 radical (unpaired) electrons. The monoisotopic (exact) mass is 220 g/mol. The Balaban J connectivity index is -0.00000000500. The molecule has 0 saturated heterocycles. The average molecular weight is 219 g/mol. The molecular weight excluding hydrogens is 217 g/mol. The summed E-state index contributed by atoms with van der Waals surface area (Å²) in [6.45, 7) is 0. The molecule has 4 heteroatoms. The molecule has 1 N–H and O–H groups in total. The van der Waals surface area contributed by atoms with E-state index in [1.165, 1.54) is 0 Å². The van der Waals surface area contributed by atoms with Crippen LogP contribution in [0.4, 0.5) is 0 Å². The molecular formula is H2BaO2Ti. The van der Waals surface area contributed by atoms with Crippen LogP contribution in [0.1, 0.15) is 0 Å². The van der Waals surface area contributed by atoms with Crippen LogP contribution in [0.2, 0.25) is 0 Å². The van der Waals surface area contributed by atoms with Crippen molar-refractivity contribution in [2.24, 2.45) is 0 Å². The van der Waals surface area contributed by atoms with Crippen molar-refractivity contribution in [3.05, 3.63) is 0 Å². The van der Waals surface area contributed by atoms with Gasteiger partial charge in [0.1, 0.15) is 0 Å². The Morgan fingerprint density at radius 3 is 1.25 bits per heavy atom. The molecule has 0 amide bonds. The van der Waals surface area contributed by atoms with Crippen LogP contribution in [-0.2, 0) is 23.7 Å². The summed E-state index contributed by atoms with van der Waals surface area (Å²) in [6.07, 6.45) is 0. The molecule has 0 aliphatic carbocycles. The Kier molecular flexibility index (Phi) is 81.9. The molecule has 0 atom stereocenters. The van der Waals surface area contributed by atoms with E-state index in [1.54, 1.807) is 0 Å². The second kappa shape index (κ2) is 19.7. The molecule has 4 heavy (non-hydrogen) atoms. The van der Waals surface area contributed by atoms with Crippen molar-refractivity contribution in [3.8, 4) is 0 Å². The van der Waals surface area contributed by atoms with Gasteiger partial charge in [0.15, 0.2) is 0 Å². The molecule has 0 aromatic carbocycles. The van der Waals surface area contributed by atoms with Gasteiger partial charge in [-0.15, -0.1) is 0 Å². The summed E-state index contributed by atoms with van der Waals surface area (Å²) in [5.74, 6) is 0. The zero-order chi connectivity index (χ0) is 2.00. The van der Waals surface area contributed by atoms with Crippen LogP contribution in [0.25, 0.3) is 0 Å². The van der Waals surface area contributed by atoms with Gasteiger partial charge in [0.2, 0.25) is 0 Å². The fraction of sp³-hybridized carbons (Fsp3) is 0. The summed E-state index contributed by atoms with van der Waals surface area (Å²) >= 11 is 0.750. The van der Waals surface area contributed by atoms with E-state index in [9.17, 15) is 0 Å². The fourth-order valence-electron chi connectivity index (χ4n) is 0. The van der Waals surface area contributed by atoms with Gasteiger partial charge in [-0.25, -0.2) is 0 Å². The third kappa shape index (κ3) is 8.97. The predicted octanol–water partition coefficient (Wildman–Crippen LogP) is -0.947. The number of rotatable bonds is 0. The predicted molar refractivity (Wildman–Crippen MR) is 9.77 cm³/mol. The fourth-order valence-corrected chi connectivity index (χ4v) is 0. The molecule has 20 valence electrons. The van der Waals surface area contributed by atoms with Crippen molar-refractivity contribution < 1.29 is 29.2 Å². The summed E-state index contributed by atoms with van der Waals surface area (Å²) < 4.78 is 8.25. The number of hydrogen-bond donors (Lipinski definition) is 0. The van der Waals surface area contributed by atoms with E-state index >= 15 is 0 Å². The van der Waals surface area contributed by atoms with E-state index in [-0.39, 0.29) is 54.4 Å². The number of hydrogen-bond acceptors (Lipinski definition) is 2. The summed E-state index contributed by atoms with van der Waals surface area (Å²) in [4.78, 5) is 0. The minimum absolute atomic E-state index is 0. The van der Waals surface area contributed by atoms with Gasteiger partial charge in [-0.05, 0) is 0 Å². The first kappa shape index (κ1) is 16.6. The summed E-state index contributed by atoms with van der Waals surface area (Å²) in [6, 6.07) is 0. The van der Waals surface area contributed by atoms with Crippen LogP contribution in [0.3, 0.4) is 0 Å². The van der Waals surface area contributed by atoms with Gasteiger partial charge in [0.05, 0.1) is 0 Å². The first-order valence-corrected chi connectivity index (χ1v) is 0.842. The first-order chi connectivity index (χ1) is 1.00. The normalized spacial score (nSPS) is 0.750. The van der Waals surface area contributed by atoms with Gasteiger partial charge in [-0.2, -0.15) is 0 Å². The van der Waals surface area contributed by atoms with Crippen molar-refractivity contribution in [2.75, 3.05) is 0 Å². The van der Waals surface area contributed by atoms with Gasteiger partial charge >= 0.3 is 72.6 Å². The third-order valence-electron chi connectivity index (χ3n) is 0. The van der Waals surface area contributed by atoms with Gasteiger partial charge < -0.3 is 5.48 Å². The molecule has 2 nitrogen and oxygen atoms in total. The maximum absolute atomic E-state index is 8.25. The van der Waals surface area contributed by atoms with E-state index in [0.717, 1.165) is 20.4 Å². The van der Waals surface area contributed by atoms with Gasteiger partial charge in [0.25, 0.3) is 0 Å². The molecule has 0 aliphatic rings. The molecule has 0 fully saturated rings. The topological polar surface area (TPSA) is 47.1 Å². The maximum atomic E-state index is 8.25. The van der Waals surface area contributed by atoms with Crippen LogP contribution >= 0.6 is 0 Å². The van der Waals surface area contributed by atoms with E-state index in [2.05, 4.69) is 0 Å². The van der Waals surface area contributed by atoms with E-state index in [4.69, 9.17) is 3.32 Å². The molecule has 0 bridgehead atoms. The summed E-state index contributed by atoms with van der Waals surface area (Å²) in [7, 11) is 0. The first-order valence-electron chi connectivity index (χ1n) is 0.204. The Hall–Kier alpha value is 2.05. The average Bonchev–Trinajstić information content (AvgIpc) is 1.00. The van der Waals surface area contributed by atoms with Crippen LogP contribution < -0.4 is 0 Å². The van der Waals surface area contributed by atoms with Crippen molar-refractivity contribution in [1.29, 1.82) is 0 Å². The molecule has 0 saturated carbocycles. The summed E-state index contributed by atoms with van der Waals surface area (Å²) in [5.41, 5.74) is 0. The Bertz CT molecular complexity index is 6.00. The van der Waals surface area contributed by atoms with Crippen molar-refractivity contribution >= 4 is 48.9 Å². The van der Waals surface area contributed by atoms with E-state index < -0.39 is 0 Å². The zero-order valence-electron chi connectivity index (χ0n) is 2.36. The van der Waals surface area contributed by atoms with E-state index in [1.807, 2.05) is 0 Å². The Morgan fingerprint density at radius 2 is 1.25 bits per heavy atom. The molecule has 0 spiro atoms. The zero-order valence-corrected chi connectivity index (χ0v) is 10.2. The molecule has 0 aromatic rings. The molecule has 0 aliphatic heterocycles. The second-order valence-electron chi connectivity index (χ2n) is 0. The van der Waals surface area contributed by atoms with Crippen LogP contribution in [-0.4, -0.2) is 54.4 Å². The van der Waals surface area contributed by atoms with Crippen LogP contribution in [0, 0.1) is 0 Å². The van der Waals surface area contributed by atoms with Crippen molar-refractivity contribution in [1.82, 2.24) is 0 Å². The van der Waals surface area contributed by atoms with Crippen LogP contribution in [0.15, 0.2) is 0 Å². The van der Waals surface area contributed by atoms with Crippen molar-refractivity contribution in [3.63, 3.8) is 0 Å². The van der Waals surface area contributed by atoms with Crippen LogP contribution in [0.5, 0.6) is 0 Å². The molecule has 0 aromatic heterocycles.